The summed E-state index contributed by atoms with van der Waals surface area (Å²) in [6, 6.07) is 7.66. The molecule has 0 aliphatic rings. The monoisotopic (exact) mass is 416 g/mol. The van der Waals surface area contributed by atoms with Gasteiger partial charge in [-0.05, 0) is 50.1 Å². The molecule has 1 aromatic carbocycles. The maximum absolute atomic E-state index is 13.0. The fourth-order valence-electron chi connectivity index (χ4n) is 3.49. The molecule has 3 heterocycles. The van der Waals surface area contributed by atoms with Crippen molar-refractivity contribution in [1.82, 2.24) is 29.4 Å². The average Bonchev–Trinajstić information content (AvgIpc) is 3.03. The van der Waals surface area contributed by atoms with Gasteiger partial charge in [-0.1, -0.05) is 6.07 Å². The zero-order valence-electron chi connectivity index (χ0n) is 18.0. The third-order valence-electron chi connectivity index (χ3n) is 5.39. The number of fused-ring (bicyclic) bond motifs is 1. The molecule has 8 nitrogen and oxygen atoms in total. The summed E-state index contributed by atoms with van der Waals surface area (Å²) >= 11 is 0. The number of hydrogen-bond donors (Lipinski definition) is 1. The normalized spacial score (nSPS) is 11.1. The van der Waals surface area contributed by atoms with E-state index in [1.807, 2.05) is 43.7 Å². The Morgan fingerprint density at radius 1 is 1.10 bits per heavy atom. The molecule has 0 saturated carbocycles. The second-order valence-electron chi connectivity index (χ2n) is 7.68. The van der Waals surface area contributed by atoms with Crippen LogP contribution in [0.4, 0.5) is 0 Å². The van der Waals surface area contributed by atoms with Crippen LogP contribution in [0.2, 0.25) is 0 Å². The van der Waals surface area contributed by atoms with E-state index < -0.39 is 5.91 Å². The van der Waals surface area contributed by atoms with E-state index in [1.165, 1.54) is 4.57 Å². The third kappa shape index (κ3) is 4.09. The lowest BCUT2D eigenvalue weighted by Crippen LogP contribution is -2.34. The van der Waals surface area contributed by atoms with Crippen LogP contribution in [0.15, 0.2) is 47.7 Å². The summed E-state index contributed by atoms with van der Waals surface area (Å²) in [4.78, 5) is 38.9. The summed E-state index contributed by atoms with van der Waals surface area (Å²) in [6.45, 7) is 6.12. The number of aromatic nitrogens is 5. The maximum atomic E-state index is 13.0. The molecule has 0 aliphatic carbocycles. The number of rotatable bonds is 5. The number of nitrogens with one attached hydrogen (secondary N) is 1. The predicted octanol–water partition coefficient (Wildman–Crippen LogP) is 2.43. The Morgan fingerprint density at radius 2 is 1.90 bits per heavy atom. The van der Waals surface area contributed by atoms with Gasteiger partial charge in [-0.25, -0.2) is 4.98 Å². The van der Waals surface area contributed by atoms with Crippen LogP contribution in [0.25, 0.3) is 11.0 Å². The summed E-state index contributed by atoms with van der Waals surface area (Å²) in [5, 5.41) is 2.87. The Labute approximate surface area is 179 Å². The van der Waals surface area contributed by atoms with E-state index in [-0.39, 0.29) is 17.7 Å². The molecule has 4 aromatic rings. The van der Waals surface area contributed by atoms with Gasteiger partial charge in [-0.3, -0.25) is 19.6 Å². The van der Waals surface area contributed by atoms with Gasteiger partial charge < -0.3 is 14.5 Å². The van der Waals surface area contributed by atoms with E-state index >= 15 is 0 Å². The molecule has 0 fully saturated rings. The molecule has 0 bridgehead atoms. The smallest absolute Gasteiger partial charge is 0.264 e. The highest BCUT2D eigenvalue weighted by Crippen LogP contribution is 2.16. The fraction of sp³-hybridized carbons (Fsp3) is 0.261. The molecule has 31 heavy (non-hydrogen) atoms. The topological polar surface area (TPSA) is 94.7 Å². The van der Waals surface area contributed by atoms with E-state index in [0.29, 0.717) is 17.8 Å². The minimum Gasteiger partial charge on any atom is -0.348 e. The van der Waals surface area contributed by atoms with Crippen LogP contribution in [0, 0.1) is 20.8 Å². The molecular formula is C23H24N6O2. The second kappa shape index (κ2) is 8.14. The van der Waals surface area contributed by atoms with Crippen molar-refractivity contribution < 1.29 is 4.79 Å². The molecule has 0 unspecified atom stereocenters. The zero-order chi connectivity index (χ0) is 22.1. The van der Waals surface area contributed by atoms with Crippen molar-refractivity contribution >= 4 is 16.9 Å². The Kier molecular flexibility index (Phi) is 5.37. The average molecular weight is 416 g/mol. The van der Waals surface area contributed by atoms with Crippen LogP contribution >= 0.6 is 0 Å². The molecule has 0 saturated heterocycles. The van der Waals surface area contributed by atoms with Crippen molar-refractivity contribution in [1.29, 1.82) is 0 Å². The number of imidazole rings is 1. The van der Waals surface area contributed by atoms with Gasteiger partial charge in [0.15, 0.2) is 0 Å². The Morgan fingerprint density at radius 3 is 2.65 bits per heavy atom. The van der Waals surface area contributed by atoms with Crippen molar-refractivity contribution in [3.63, 3.8) is 0 Å². The predicted molar refractivity (Wildman–Crippen MR) is 118 cm³/mol. The number of pyridine rings is 1. The Balaban J connectivity index is 1.54. The number of amides is 1. The van der Waals surface area contributed by atoms with Crippen LogP contribution in [-0.2, 0) is 20.1 Å². The van der Waals surface area contributed by atoms with Gasteiger partial charge in [0, 0.05) is 26.0 Å². The largest absolute Gasteiger partial charge is 0.348 e. The number of carbonyl (C=O) groups excluding carboxylic acids is 1. The number of nitrogens with zero attached hydrogens (tertiary/aromatic N) is 5. The number of hydrogen-bond acceptors (Lipinski definition) is 5. The summed E-state index contributed by atoms with van der Waals surface area (Å²) in [5.41, 5.74) is 4.71. The van der Waals surface area contributed by atoms with Crippen LogP contribution in [0.1, 0.15) is 38.7 Å². The van der Waals surface area contributed by atoms with Gasteiger partial charge in [0.05, 0.1) is 35.2 Å². The molecule has 0 aliphatic heterocycles. The minimum atomic E-state index is -0.399. The number of carbonyl (C=O) groups is 1. The van der Waals surface area contributed by atoms with Crippen LogP contribution in [0.3, 0.4) is 0 Å². The first-order valence-corrected chi connectivity index (χ1v) is 10.0. The molecule has 8 heteroatoms. The van der Waals surface area contributed by atoms with Crippen molar-refractivity contribution in [2.45, 2.75) is 33.9 Å². The molecule has 158 valence electrons. The molecule has 1 N–H and O–H groups in total. The Hall–Kier alpha value is -3.81. The van der Waals surface area contributed by atoms with E-state index in [9.17, 15) is 9.59 Å². The zero-order valence-corrected chi connectivity index (χ0v) is 18.0. The van der Waals surface area contributed by atoms with Gasteiger partial charge in [-0.2, -0.15) is 0 Å². The van der Waals surface area contributed by atoms with Crippen molar-refractivity contribution in [2.24, 2.45) is 7.05 Å². The molecule has 0 radical (unpaired) electrons. The summed E-state index contributed by atoms with van der Waals surface area (Å²) in [7, 11) is 1.97. The van der Waals surface area contributed by atoms with Crippen molar-refractivity contribution in [3.8, 4) is 0 Å². The number of benzene rings is 1. The molecular weight excluding hydrogens is 392 g/mol. The summed E-state index contributed by atoms with van der Waals surface area (Å²) in [6.07, 6.45) is 4.96. The summed E-state index contributed by atoms with van der Waals surface area (Å²) < 4.78 is 3.50. The molecule has 3 aromatic heterocycles. The van der Waals surface area contributed by atoms with Gasteiger partial charge in [0.2, 0.25) is 0 Å². The highest BCUT2D eigenvalue weighted by atomic mass is 16.2. The molecule has 4 rings (SSSR count). The minimum absolute atomic E-state index is 0.136. The van der Waals surface area contributed by atoms with Crippen molar-refractivity contribution in [3.05, 3.63) is 87.1 Å². The second-order valence-corrected chi connectivity index (χ2v) is 7.68. The quantitative estimate of drug-likeness (QED) is 0.539. The lowest BCUT2D eigenvalue weighted by atomic mass is 10.1. The van der Waals surface area contributed by atoms with E-state index in [1.54, 1.807) is 31.6 Å². The van der Waals surface area contributed by atoms with Crippen LogP contribution < -0.4 is 10.9 Å². The fourth-order valence-corrected chi connectivity index (χ4v) is 3.49. The van der Waals surface area contributed by atoms with Gasteiger partial charge in [-0.15, -0.1) is 0 Å². The SMILES string of the molecule is Cc1cnc(Cn2ccc(C)c(C(=O)NCc3ccc4c(c3)nc(C)n4C)c2=O)cn1. The molecule has 0 atom stereocenters. The van der Waals surface area contributed by atoms with Crippen LogP contribution in [-0.4, -0.2) is 30.0 Å². The van der Waals surface area contributed by atoms with E-state index in [0.717, 1.165) is 28.1 Å². The maximum Gasteiger partial charge on any atom is 0.264 e. The van der Waals surface area contributed by atoms with Crippen LogP contribution in [0.5, 0.6) is 0 Å². The standard InChI is InChI=1S/C23H24N6O2/c1-14-7-8-29(13-18-12-24-15(2)10-25-18)23(31)21(14)22(30)26-11-17-5-6-20-19(9-17)27-16(3)28(20)4/h5-10,12H,11,13H2,1-4H3,(H,26,30). The van der Waals surface area contributed by atoms with Gasteiger partial charge in [0.1, 0.15) is 11.4 Å². The first-order valence-electron chi connectivity index (χ1n) is 10.0. The lowest BCUT2D eigenvalue weighted by Gasteiger charge is -2.11. The van der Waals surface area contributed by atoms with Gasteiger partial charge in [0.25, 0.3) is 11.5 Å². The molecule has 0 spiro atoms. The van der Waals surface area contributed by atoms with E-state index in [4.69, 9.17) is 0 Å². The van der Waals surface area contributed by atoms with E-state index in [2.05, 4.69) is 20.3 Å². The van der Waals surface area contributed by atoms with Crippen molar-refractivity contribution in [2.75, 3.05) is 0 Å². The first-order chi connectivity index (χ1) is 14.8. The Bertz CT molecular complexity index is 1330. The van der Waals surface area contributed by atoms with Gasteiger partial charge >= 0.3 is 0 Å². The number of aryl methyl sites for hydroxylation is 4. The first kappa shape index (κ1) is 20.5. The lowest BCUT2D eigenvalue weighted by molar-refractivity contribution is 0.0948. The molecule has 1 amide bonds. The summed E-state index contributed by atoms with van der Waals surface area (Å²) in [5.74, 6) is 0.527. The highest BCUT2D eigenvalue weighted by Gasteiger charge is 2.16. The highest BCUT2D eigenvalue weighted by molar-refractivity contribution is 5.95. The third-order valence-corrected chi connectivity index (χ3v) is 5.39.